The first-order valence-electron chi connectivity index (χ1n) is 7.89. The summed E-state index contributed by atoms with van der Waals surface area (Å²) in [6, 6.07) is 0. The van der Waals surface area contributed by atoms with Crippen molar-refractivity contribution in [2.45, 2.75) is 70.6 Å². The van der Waals surface area contributed by atoms with Crippen LogP contribution in [0, 0.1) is 6.92 Å². The Morgan fingerprint density at radius 2 is 1.86 bits per heavy atom. The molecule has 2 N–H and O–H groups in total. The predicted octanol–water partition coefficient (Wildman–Crippen LogP) is 2.92. The molecule has 2 rings (SSSR count). The van der Waals surface area contributed by atoms with Gasteiger partial charge in [-0.3, -0.25) is 9.59 Å². The van der Waals surface area contributed by atoms with Crippen LogP contribution in [0.2, 0.25) is 0 Å². The minimum absolute atomic E-state index is 0.0334. The summed E-state index contributed by atoms with van der Waals surface area (Å²) in [5, 5.41) is 8.74. The van der Waals surface area contributed by atoms with E-state index in [9.17, 15) is 9.59 Å². The van der Waals surface area contributed by atoms with Crippen LogP contribution < -0.4 is 5.56 Å². The minimum atomic E-state index is -0.891. The molecule has 0 amide bonds. The van der Waals surface area contributed by atoms with Gasteiger partial charge >= 0.3 is 5.97 Å². The van der Waals surface area contributed by atoms with Crippen molar-refractivity contribution in [2.75, 3.05) is 0 Å². The molecule has 0 unspecified atom stereocenters. The number of aryl methyl sites for hydroxylation is 1. The first-order chi connectivity index (χ1) is 10.1. The second kappa shape index (κ2) is 7.38. The summed E-state index contributed by atoms with van der Waals surface area (Å²) in [5.41, 5.74) is 1.02. The van der Waals surface area contributed by atoms with Crippen molar-refractivity contribution in [2.24, 2.45) is 0 Å². The maximum absolute atomic E-state index is 12.2. The largest absolute Gasteiger partial charge is 0.481 e. The summed E-state index contributed by atoms with van der Waals surface area (Å²) < 4.78 is 0. The van der Waals surface area contributed by atoms with E-state index in [4.69, 9.17) is 5.11 Å². The van der Waals surface area contributed by atoms with Gasteiger partial charge in [-0.25, -0.2) is 4.98 Å². The highest BCUT2D eigenvalue weighted by molar-refractivity contribution is 5.67. The molecule has 0 saturated heterocycles. The first-order valence-corrected chi connectivity index (χ1v) is 7.89. The number of H-pyrrole nitrogens is 1. The number of aromatic nitrogens is 2. The van der Waals surface area contributed by atoms with E-state index >= 15 is 0 Å². The van der Waals surface area contributed by atoms with Gasteiger partial charge in [0.25, 0.3) is 5.56 Å². The number of aromatic amines is 1. The van der Waals surface area contributed by atoms with Gasteiger partial charge in [-0.2, -0.15) is 0 Å². The third-order valence-corrected chi connectivity index (χ3v) is 4.32. The lowest BCUT2D eigenvalue weighted by molar-refractivity contribution is -0.136. The number of carboxylic acid groups (broad SMARTS) is 1. The van der Waals surface area contributed by atoms with Gasteiger partial charge in [0.1, 0.15) is 5.82 Å². The van der Waals surface area contributed by atoms with E-state index in [1.54, 1.807) is 6.92 Å². The fourth-order valence-corrected chi connectivity index (χ4v) is 3.08. The monoisotopic (exact) mass is 292 g/mol. The van der Waals surface area contributed by atoms with Gasteiger partial charge in [0.15, 0.2) is 0 Å². The number of nitrogens with zero attached hydrogens (tertiary/aromatic N) is 1. The quantitative estimate of drug-likeness (QED) is 0.893. The Balaban J connectivity index is 2.17. The Morgan fingerprint density at radius 3 is 2.43 bits per heavy atom. The van der Waals surface area contributed by atoms with E-state index in [1.807, 2.05) is 0 Å². The lowest BCUT2D eigenvalue weighted by atomic mass is 9.90. The molecule has 1 aliphatic carbocycles. The molecule has 0 atom stereocenters. The van der Waals surface area contributed by atoms with Gasteiger partial charge in [0.2, 0.25) is 0 Å². The predicted molar refractivity (Wildman–Crippen MR) is 80.6 cm³/mol. The molecule has 1 saturated carbocycles. The molecule has 0 aliphatic heterocycles. The Bertz CT molecular complexity index is 543. The molecule has 0 radical (unpaired) electrons. The molecule has 1 aliphatic rings. The molecule has 0 bridgehead atoms. The Labute approximate surface area is 124 Å². The van der Waals surface area contributed by atoms with Crippen molar-refractivity contribution in [3.63, 3.8) is 0 Å². The van der Waals surface area contributed by atoms with Crippen molar-refractivity contribution in [1.82, 2.24) is 9.97 Å². The average Bonchev–Trinajstić information content (AvgIpc) is 2.36. The first kappa shape index (κ1) is 15.7. The zero-order valence-corrected chi connectivity index (χ0v) is 12.7. The highest BCUT2D eigenvalue weighted by Crippen LogP contribution is 2.28. The molecule has 1 heterocycles. The second-order valence-electron chi connectivity index (χ2n) is 5.95. The van der Waals surface area contributed by atoms with E-state index < -0.39 is 5.97 Å². The smallest absolute Gasteiger partial charge is 0.303 e. The summed E-state index contributed by atoms with van der Waals surface area (Å²) in [7, 11) is 0. The van der Waals surface area contributed by atoms with Crippen molar-refractivity contribution in [3.8, 4) is 0 Å². The summed E-state index contributed by atoms with van der Waals surface area (Å²) in [6.45, 7) is 1.80. The van der Waals surface area contributed by atoms with Gasteiger partial charge in [0, 0.05) is 23.6 Å². The number of hydrogen-bond acceptors (Lipinski definition) is 3. The molecule has 21 heavy (non-hydrogen) atoms. The Hall–Kier alpha value is -1.65. The molecule has 1 aromatic rings. The third-order valence-electron chi connectivity index (χ3n) is 4.32. The highest BCUT2D eigenvalue weighted by Gasteiger charge is 2.18. The zero-order valence-electron chi connectivity index (χ0n) is 12.7. The summed E-state index contributed by atoms with van der Waals surface area (Å²) >= 11 is 0. The van der Waals surface area contributed by atoms with Crippen molar-refractivity contribution >= 4 is 5.97 Å². The number of carbonyl (C=O) groups is 1. The maximum Gasteiger partial charge on any atom is 0.303 e. The van der Waals surface area contributed by atoms with Gasteiger partial charge in [-0.05, 0) is 26.2 Å². The lowest BCUT2D eigenvalue weighted by Crippen LogP contribution is -2.22. The van der Waals surface area contributed by atoms with Gasteiger partial charge in [0.05, 0.1) is 0 Å². The fourth-order valence-electron chi connectivity index (χ4n) is 3.08. The van der Waals surface area contributed by atoms with Crippen LogP contribution in [0.1, 0.15) is 74.4 Å². The number of nitrogens with one attached hydrogen (secondary N) is 1. The topological polar surface area (TPSA) is 83.0 Å². The van der Waals surface area contributed by atoms with Crippen molar-refractivity contribution < 1.29 is 9.90 Å². The van der Waals surface area contributed by atoms with E-state index in [-0.39, 0.29) is 18.4 Å². The maximum atomic E-state index is 12.2. The van der Waals surface area contributed by atoms with Gasteiger partial charge in [-0.15, -0.1) is 0 Å². The molecular weight excluding hydrogens is 268 g/mol. The summed E-state index contributed by atoms with van der Waals surface area (Å²) in [4.78, 5) is 30.3. The van der Waals surface area contributed by atoms with Gasteiger partial charge < -0.3 is 10.1 Å². The molecule has 1 fully saturated rings. The van der Waals surface area contributed by atoms with Crippen LogP contribution in [-0.2, 0) is 11.2 Å². The van der Waals surface area contributed by atoms with Crippen LogP contribution in [0.3, 0.4) is 0 Å². The van der Waals surface area contributed by atoms with Crippen LogP contribution in [0.5, 0.6) is 0 Å². The van der Waals surface area contributed by atoms with Crippen LogP contribution in [0.4, 0.5) is 0 Å². The Morgan fingerprint density at radius 1 is 1.24 bits per heavy atom. The number of aliphatic carboxylic acids is 1. The summed E-state index contributed by atoms with van der Waals surface area (Å²) in [6.07, 6.45) is 8.58. The van der Waals surface area contributed by atoms with Crippen molar-refractivity contribution in [3.05, 3.63) is 27.4 Å². The fraction of sp³-hybridized carbons (Fsp3) is 0.688. The van der Waals surface area contributed by atoms with E-state index in [2.05, 4.69) is 9.97 Å². The molecule has 5 nitrogen and oxygen atoms in total. The van der Waals surface area contributed by atoms with Crippen LogP contribution in [0.15, 0.2) is 4.79 Å². The lowest BCUT2D eigenvalue weighted by Gasteiger charge is -2.19. The summed E-state index contributed by atoms with van der Waals surface area (Å²) in [5.74, 6) is 0.238. The van der Waals surface area contributed by atoms with E-state index in [0.717, 1.165) is 18.7 Å². The number of hydrogen-bond donors (Lipinski definition) is 2. The third kappa shape index (κ3) is 4.41. The van der Waals surface area contributed by atoms with Crippen LogP contribution in [-0.4, -0.2) is 21.0 Å². The number of rotatable bonds is 4. The SMILES string of the molecule is Cc1nc(C2CCCCCCC2)[nH]c(=O)c1CCC(=O)O. The average molecular weight is 292 g/mol. The van der Waals surface area contributed by atoms with Crippen LogP contribution >= 0.6 is 0 Å². The molecule has 0 aromatic carbocycles. The highest BCUT2D eigenvalue weighted by atomic mass is 16.4. The van der Waals surface area contributed by atoms with Crippen molar-refractivity contribution in [1.29, 1.82) is 0 Å². The molecule has 0 spiro atoms. The van der Waals surface area contributed by atoms with Crippen LogP contribution in [0.25, 0.3) is 0 Å². The molecular formula is C16H24N2O3. The zero-order chi connectivity index (χ0) is 15.2. The minimum Gasteiger partial charge on any atom is -0.481 e. The van der Waals surface area contributed by atoms with E-state index in [1.165, 1.54) is 32.1 Å². The molecule has 5 heteroatoms. The standard InChI is InChI=1S/C16H24N2O3/c1-11-13(9-10-14(19)20)16(21)18-15(17-11)12-7-5-3-2-4-6-8-12/h12H,2-10H2,1H3,(H,19,20)(H,17,18,21). The number of carboxylic acids is 1. The Kier molecular flexibility index (Phi) is 5.53. The van der Waals surface area contributed by atoms with E-state index in [0.29, 0.717) is 17.2 Å². The second-order valence-corrected chi connectivity index (χ2v) is 5.95. The van der Waals surface area contributed by atoms with Gasteiger partial charge in [-0.1, -0.05) is 32.1 Å². The molecule has 1 aromatic heterocycles. The molecule has 116 valence electrons. The normalized spacial score (nSPS) is 17.2.